The Morgan fingerprint density at radius 3 is 2.33 bits per heavy atom. The standard InChI is InChI=1S/C22H29N5O5S/c1-22(2,3)32-21(31)24-12-18(28)26-16(9-14-7-5-4-6-8-14)19(29)27-17(20(30)33)10-15-11-23-13-25-15/h4-8,11,13,16-17H,9-10,12H2,1-3H3,(H,23,25)(H,24,31)(H,26,28)(H,27,29)(H,30,33)/t16-,17-/m0/s1. The van der Waals surface area contributed by atoms with Crippen molar-refractivity contribution in [3.63, 3.8) is 0 Å². The molecule has 0 aliphatic carbocycles. The van der Waals surface area contributed by atoms with Crippen LogP contribution in [0.4, 0.5) is 4.79 Å². The number of hydrogen-bond acceptors (Lipinski definition) is 6. The predicted octanol–water partition coefficient (Wildman–Crippen LogP) is 1.15. The maximum Gasteiger partial charge on any atom is 0.408 e. The lowest BCUT2D eigenvalue weighted by molar-refractivity contribution is -0.130. The number of imidazole rings is 1. The van der Waals surface area contributed by atoms with Gasteiger partial charge in [0.15, 0.2) is 0 Å². The molecular formula is C22H29N5O5S. The molecule has 0 aliphatic heterocycles. The molecule has 0 bridgehead atoms. The van der Waals surface area contributed by atoms with Gasteiger partial charge in [-0.1, -0.05) is 30.3 Å². The number of thiol groups is 1. The van der Waals surface area contributed by atoms with Gasteiger partial charge < -0.3 is 25.7 Å². The first kappa shape index (κ1) is 25.9. The van der Waals surface area contributed by atoms with Gasteiger partial charge >= 0.3 is 6.09 Å². The van der Waals surface area contributed by atoms with Gasteiger partial charge in [0.25, 0.3) is 0 Å². The molecule has 1 aromatic carbocycles. The zero-order chi connectivity index (χ0) is 24.4. The number of benzene rings is 1. The molecule has 3 amide bonds. The fourth-order valence-corrected chi connectivity index (χ4v) is 3.02. The van der Waals surface area contributed by atoms with Crippen LogP contribution in [0.25, 0.3) is 0 Å². The number of rotatable bonds is 10. The smallest absolute Gasteiger partial charge is 0.408 e. The minimum Gasteiger partial charge on any atom is -0.444 e. The normalized spacial score (nSPS) is 12.8. The average Bonchev–Trinajstić information content (AvgIpc) is 3.24. The first-order valence-electron chi connectivity index (χ1n) is 10.3. The molecule has 2 aromatic rings. The fraction of sp³-hybridized carbons (Fsp3) is 0.409. The lowest BCUT2D eigenvalue weighted by atomic mass is 10.0. The summed E-state index contributed by atoms with van der Waals surface area (Å²) in [7, 11) is 0. The molecule has 10 nitrogen and oxygen atoms in total. The fourth-order valence-electron chi connectivity index (χ4n) is 2.86. The van der Waals surface area contributed by atoms with Crippen LogP contribution in [-0.2, 0) is 32.0 Å². The van der Waals surface area contributed by atoms with Crippen molar-refractivity contribution in [3.05, 3.63) is 54.1 Å². The van der Waals surface area contributed by atoms with Gasteiger partial charge in [-0.15, -0.1) is 12.6 Å². The van der Waals surface area contributed by atoms with Gasteiger partial charge in [-0.05, 0) is 26.3 Å². The minimum absolute atomic E-state index is 0.167. The van der Waals surface area contributed by atoms with E-state index in [0.717, 1.165) is 5.56 Å². The van der Waals surface area contributed by atoms with E-state index in [4.69, 9.17) is 4.74 Å². The lowest BCUT2D eigenvalue weighted by Gasteiger charge is -2.22. The van der Waals surface area contributed by atoms with Crippen molar-refractivity contribution < 1.29 is 23.9 Å². The van der Waals surface area contributed by atoms with Crippen LogP contribution in [0.3, 0.4) is 0 Å². The van der Waals surface area contributed by atoms with E-state index in [9.17, 15) is 19.2 Å². The maximum atomic E-state index is 13.0. The lowest BCUT2D eigenvalue weighted by Crippen LogP contribution is -2.54. The summed E-state index contributed by atoms with van der Waals surface area (Å²) in [6, 6.07) is 7.19. The van der Waals surface area contributed by atoms with Gasteiger partial charge in [0.2, 0.25) is 16.9 Å². The summed E-state index contributed by atoms with van der Waals surface area (Å²) in [6.45, 7) is 4.73. The number of nitrogens with zero attached hydrogens (tertiary/aromatic N) is 1. The van der Waals surface area contributed by atoms with Gasteiger partial charge in [0.1, 0.15) is 24.2 Å². The van der Waals surface area contributed by atoms with E-state index in [0.29, 0.717) is 5.69 Å². The van der Waals surface area contributed by atoms with Gasteiger partial charge in [-0.3, -0.25) is 14.4 Å². The highest BCUT2D eigenvalue weighted by Gasteiger charge is 2.27. The Bertz CT molecular complexity index is 944. The Morgan fingerprint density at radius 2 is 1.76 bits per heavy atom. The second-order valence-electron chi connectivity index (χ2n) is 8.35. The number of carbonyl (C=O) groups is 4. The quantitative estimate of drug-likeness (QED) is 0.326. The Hall–Kier alpha value is -3.34. The number of nitrogens with one attached hydrogen (secondary N) is 4. The van der Waals surface area contributed by atoms with E-state index in [2.05, 4.69) is 38.5 Å². The van der Waals surface area contributed by atoms with E-state index in [-0.39, 0.29) is 19.4 Å². The third kappa shape index (κ3) is 9.77. The SMILES string of the molecule is CC(C)(C)OC(=O)NCC(=O)N[C@@H](Cc1ccccc1)C(=O)N[C@@H](Cc1cnc[nH]1)C(=O)S. The molecule has 0 fully saturated rings. The van der Waals surface area contributed by atoms with Gasteiger partial charge in [-0.25, -0.2) is 9.78 Å². The Labute approximate surface area is 197 Å². The number of ether oxygens (including phenoxy) is 1. The molecule has 1 aromatic heterocycles. The van der Waals surface area contributed by atoms with Crippen molar-refractivity contribution in [1.82, 2.24) is 25.9 Å². The van der Waals surface area contributed by atoms with Crippen LogP contribution in [0.5, 0.6) is 0 Å². The molecule has 0 spiro atoms. The van der Waals surface area contributed by atoms with Crippen LogP contribution in [0, 0.1) is 0 Å². The number of carbonyl (C=O) groups excluding carboxylic acids is 4. The van der Waals surface area contributed by atoms with Crippen molar-refractivity contribution in [2.75, 3.05) is 6.54 Å². The van der Waals surface area contributed by atoms with Crippen LogP contribution in [-0.4, -0.2) is 57.2 Å². The summed E-state index contributed by atoms with van der Waals surface area (Å²) < 4.78 is 5.10. The van der Waals surface area contributed by atoms with Crippen LogP contribution < -0.4 is 16.0 Å². The number of alkyl carbamates (subject to hydrolysis) is 1. The van der Waals surface area contributed by atoms with E-state index < -0.39 is 40.7 Å². The third-order valence-electron chi connectivity index (χ3n) is 4.32. The molecule has 0 aliphatic rings. The van der Waals surface area contributed by atoms with E-state index in [1.165, 1.54) is 6.33 Å². The molecule has 2 atom stereocenters. The first-order chi connectivity index (χ1) is 15.5. The number of aromatic amines is 1. The Morgan fingerprint density at radius 1 is 1.06 bits per heavy atom. The second kappa shape index (κ2) is 12.0. The van der Waals surface area contributed by atoms with Crippen LogP contribution in [0.1, 0.15) is 32.0 Å². The first-order valence-corrected chi connectivity index (χ1v) is 10.8. The van der Waals surface area contributed by atoms with Crippen molar-refractivity contribution in [3.8, 4) is 0 Å². The van der Waals surface area contributed by atoms with Crippen LogP contribution >= 0.6 is 12.6 Å². The van der Waals surface area contributed by atoms with Crippen LogP contribution in [0.15, 0.2) is 42.9 Å². The number of hydrogen-bond donors (Lipinski definition) is 5. The Kier molecular flexibility index (Phi) is 9.46. The highest BCUT2D eigenvalue weighted by Crippen LogP contribution is 2.08. The van der Waals surface area contributed by atoms with E-state index >= 15 is 0 Å². The van der Waals surface area contributed by atoms with Gasteiger partial charge in [-0.2, -0.15) is 0 Å². The predicted molar refractivity (Wildman–Crippen MR) is 125 cm³/mol. The molecular weight excluding hydrogens is 446 g/mol. The summed E-state index contributed by atoms with van der Waals surface area (Å²) >= 11 is 3.87. The number of amides is 3. The molecule has 2 rings (SSSR count). The zero-order valence-electron chi connectivity index (χ0n) is 18.8. The van der Waals surface area contributed by atoms with E-state index in [1.54, 1.807) is 27.0 Å². The van der Waals surface area contributed by atoms with Crippen molar-refractivity contribution in [2.45, 2.75) is 51.3 Å². The molecule has 178 valence electrons. The van der Waals surface area contributed by atoms with Crippen molar-refractivity contribution in [2.24, 2.45) is 0 Å². The molecule has 1 heterocycles. The summed E-state index contributed by atoms with van der Waals surface area (Å²) in [4.78, 5) is 56.0. The summed E-state index contributed by atoms with van der Waals surface area (Å²) in [5.41, 5.74) is 0.743. The third-order valence-corrected chi connectivity index (χ3v) is 4.63. The molecule has 0 radical (unpaired) electrons. The van der Waals surface area contributed by atoms with Crippen LogP contribution in [0.2, 0.25) is 0 Å². The average molecular weight is 476 g/mol. The summed E-state index contributed by atoms with van der Waals surface area (Å²) in [6.07, 6.45) is 2.61. The molecule has 33 heavy (non-hydrogen) atoms. The summed E-state index contributed by atoms with van der Waals surface area (Å²) in [5.74, 6) is -1.14. The monoisotopic (exact) mass is 475 g/mol. The number of H-pyrrole nitrogens is 1. The Balaban J connectivity index is 2.05. The topological polar surface area (TPSA) is 142 Å². The molecule has 0 saturated heterocycles. The highest BCUT2D eigenvalue weighted by molar-refractivity contribution is 7.96. The summed E-state index contributed by atoms with van der Waals surface area (Å²) in [5, 5.41) is 7.07. The van der Waals surface area contributed by atoms with Crippen molar-refractivity contribution >= 4 is 35.7 Å². The highest BCUT2D eigenvalue weighted by atomic mass is 32.1. The molecule has 4 N–H and O–H groups in total. The van der Waals surface area contributed by atoms with Gasteiger partial charge in [0, 0.05) is 24.7 Å². The molecule has 0 unspecified atom stereocenters. The van der Waals surface area contributed by atoms with Gasteiger partial charge in [0.05, 0.1) is 6.33 Å². The van der Waals surface area contributed by atoms with Crippen molar-refractivity contribution in [1.29, 1.82) is 0 Å². The minimum atomic E-state index is -0.989. The largest absolute Gasteiger partial charge is 0.444 e. The second-order valence-corrected chi connectivity index (χ2v) is 8.79. The number of aromatic nitrogens is 2. The molecule has 0 saturated carbocycles. The van der Waals surface area contributed by atoms with E-state index in [1.807, 2.05) is 30.3 Å². The zero-order valence-corrected chi connectivity index (χ0v) is 19.6. The maximum absolute atomic E-state index is 13.0. The molecule has 11 heteroatoms.